The van der Waals surface area contributed by atoms with E-state index in [1.54, 1.807) is 24.1 Å². The molecule has 2 atom stereocenters. The number of ether oxygens (including phenoxy) is 3. The van der Waals surface area contributed by atoms with Gasteiger partial charge in [0, 0.05) is 11.4 Å². The molecule has 0 N–H and O–H groups in total. The highest BCUT2D eigenvalue weighted by atomic mass is 32.2. The Morgan fingerprint density at radius 3 is 2.38 bits per heavy atom. The van der Waals surface area contributed by atoms with E-state index >= 15 is 0 Å². The standard InChI is InChI=1S/C29H30FNO5S/c1-18-6-11-23(12-7-18)37-29(28(33)36-5)16-26(32)31(17-21-8-10-22(34-3)14-19(21)2)27(29)20-9-13-24(30)25(15-20)35-4/h6-15,27H,16-17H2,1-5H3/t27?,29-/m1/s1. The van der Waals surface area contributed by atoms with Crippen molar-refractivity contribution in [1.82, 2.24) is 4.90 Å². The van der Waals surface area contributed by atoms with E-state index in [9.17, 15) is 14.0 Å². The van der Waals surface area contributed by atoms with Gasteiger partial charge in [-0.3, -0.25) is 9.59 Å². The molecule has 1 unspecified atom stereocenters. The summed E-state index contributed by atoms with van der Waals surface area (Å²) in [5.41, 5.74) is 3.52. The van der Waals surface area contributed by atoms with Crippen LogP contribution in [0.3, 0.4) is 0 Å². The van der Waals surface area contributed by atoms with Crippen LogP contribution in [-0.2, 0) is 20.9 Å². The molecule has 6 nitrogen and oxygen atoms in total. The van der Waals surface area contributed by atoms with Crippen molar-refractivity contribution in [2.24, 2.45) is 0 Å². The van der Waals surface area contributed by atoms with Crippen molar-refractivity contribution in [3.8, 4) is 11.5 Å². The molecule has 1 aliphatic heterocycles. The van der Waals surface area contributed by atoms with Crippen molar-refractivity contribution in [2.75, 3.05) is 21.3 Å². The third kappa shape index (κ3) is 5.16. The van der Waals surface area contributed by atoms with E-state index in [1.165, 1.54) is 32.0 Å². The van der Waals surface area contributed by atoms with Crippen LogP contribution in [-0.4, -0.2) is 42.9 Å². The molecule has 0 bridgehead atoms. The van der Waals surface area contributed by atoms with E-state index in [1.807, 2.05) is 56.3 Å². The van der Waals surface area contributed by atoms with Gasteiger partial charge < -0.3 is 19.1 Å². The number of hydrogen-bond donors (Lipinski definition) is 0. The summed E-state index contributed by atoms with van der Waals surface area (Å²) < 4.78 is 29.0. The summed E-state index contributed by atoms with van der Waals surface area (Å²) in [5.74, 6) is -0.491. The molecule has 8 heteroatoms. The molecule has 4 rings (SSSR count). The lowest BCUT2D eigenvalue weighted by molar-refractivity contribution is -0.144. The Hall–Kier alpha value is -3.52. The molecule has 1 heterocycles. The van der Waals surface area contributed by atoms with Gasteiger partial charge in [-0.05, 0) is 66.9 Å². The van der Waals surface area contributed by atoms with Gasteiger partial charge >= 0.3 is 5.97 Å². The normalized spacial score (nSPS) is 19.1. The van der Waals surface area contributed by atoms with Crippen LogP contribution >= 0.6 is 11.8 Å². The average molecular weight is 524 g/mol. The van der Waals surface area contributed by atoms with Gasteiger partial charge in [0.2, 0.25) is 5.91 Å². The number of amides is 1. The lowest BCUT2D eigenvalue weighted by Crippen LogP contribution is -2.42. The average Bonchev–Trinajstić information content (AvgIpc) is 3.17. The number of likely N-dealkylation sites (tertiary alicyclic amines) is 1. The number of esters is 1. The highest BCUT2D eigenvalue weighted by Crippen LogP contribution is 2.54. The molecule has 0 spiro atoms. The van der Waals surface area contributed by atoms with Crippen molar-refractivity contribution in [3.05, 3.63) is 88.7 Å². The number of benzene rings is 3. The number of rotatable bonds is 8. The van der Waals surface area contributed by atoms with E-state index in [0.29, 0.717) is 11.3 Å². The topological polar surface area (TPSA) is 65.1 Å². The fourth-order valence-electron chi connectivity index (χ4n) is 4.76. The molecule has 3 aromatic carbocycles. The number of thioether (sulfide) groups is 1. The zero-order valence-electron chi connectivity index (χ0n) is 21.5. The molecular formula is C29H30FNO5S. The third-order valence-electron chi connectivity index (χ3n) is 6.72. The Balaban J connectivity index is 1.87. The first-order chi connectivity index (χ1) is 17.7. The second-order valence-corrected chi connectivity index (χ2v) is 10.5. The maximum absolute atomic E-state index is 14.4. The van der Waals surface area contributed by atoms with Crippen LogP contribution in [0.2, 0.25) is 0 Å². The lowest BCUT2D eigenvalue weighted by Gasteiger charge is -2.36. The summed E-state index contributed by atoms with van der Waals surface area (Å²) in [6.45, 7) is 4.19. The summed E-state index contributed by atoms with van der Waals surface area (Å²) in [4.78, 5) is 29.7. The van der Waals surface area contributed by atoms with Crippen LogP contribution in [0, 0.1) is 19.7 Å². The summed E-state index contributed by atoms with van der Waals surface area (Å²) >= 11 is 1.30. The van der Waals surface area contributed by atoms with E-state index in [4.69, 9.17) is 14.2 Å². The smallest absolute Gasteiger partial charge is 0.325 e. The minimum atomic E-state index is -1.30. The van der Waals surface area contributed by atoms with Crippen molar-refractivity contribution in [1.29, 1.82) is 0 Å². The van der Waals surface area contributed by atoms with Crippen LogP contribution in [0.4, 0.5) is 4.39 Å². The van der Waals surface area contributed by atoms with Gasteiger partial charge in [-0.15, -0.1) is 11.8 Å². The Kier molecular flexibility index (Phi) is 7.78. The summed E-state index contributed by atoms with van der Waals surface area (Å²) in [7, 11) is 4.31. The van der Waals surface area contributed by atoms with Crippen molar-refractivity contribution < 1.29 is 28.2 Å². The molecule has 0 aromatic heterocycles. The second kappa shape index (κ2) is 10.8. The van der Waals surface area contributed by atoms with Gasteiger partial charge in [0.25, 0.3) is 0 Å². The molecular weight excluding hydrogens is 493 g/mol. The summed E-state index contributed by atoms with van der Waals surface area (Å²) in [6, 6.07) is 17.1. The van der Waals surface area contributed by atoms with Gasteiger partial charge in [-0.1, -0.05) is 29.8 Å². The largest absolute Gasteiger partial charge is 0.497 e. The molecule has 37 heavy (non-hydrogen) atoms. The SMILES string of the molecule is COC(=O)[C@@]1(Sc2ccc(C)cc2)CC(=O)N(Cc2ccc(OC)cc2C)C1c1ccc(F)c(OC)c1. The minimum Gasteiger partial charge on any atom is -0.497 e. The third-order valence-corrected chi connectivity index (χ3v) is 8.13. The highest BCUT2D eigenvalue weighted by molar-refractivity contribution is 8.01. The maximum atomic E-state index is 14.4. The number of nitrogens with zero attached hydrogens (tertiary/aromatic N) is 1. The minimum absolute atomic E-state index is 0.0385. The van der Waals surface area contributed by atoms with Gasteiger partial charge in [-0.2, -0.15) is 0 Å². The molecule has 194 valence electrons. The molecule has 1 aliphatic rings. The lowest BCUT2D eigenvalue weighted by atomic mass is 9.92. The van der Waals surface area contributed by atoms with E-state index < -0.39 is 22.6 Å². The molecule has 1 saturated heterocycles. The van der Waals surface area contributed by atoms with Gasteiger partial charge in [0.15, 0.2) is 16.3 Å². The van der Waals surface area contributed by atoms with Crippen LogP contribution in [0.25, 0.3) is 0 Å². The molecule has 0 aliphatic carbocycles. The van der Waals surface area contributed by atoms with Crippen molar-refractivity contribution in [2.45, 2.75) is 42.5 Å². The van der Waals surface area contributed by atoms with E-state index in [2.05, 4.69) is 0 Å². The van der Waals surface area contributed by atoms with Crippen LogP contribution in [0.5, 0.6) is 11.5 Å². The van der Waals surface area contributed by atoms with Gasteiger partial charge in [0.1, 0.15) is 5.75 Å². The van der Waals surface area contributed by atoms with E-state index in [0.717, 1.165) is 21.6 Å². The Labute approximate surface area is 220 Å². The fourth-order valence-corrected chi connectivity index (χ4v) is 6.19. The predicted octanol–water partition coefficient (Wildman–Crippen LogP) is 5.64. The first kappa shape index (κ1) is 26.5. The highest BCUT2D eigenvalue weighted by Gasteiger charge is 2.59. The molecule has 3 aromatic rings. The van der Waals surface area contributed by atoms with Crippen LogP contribution < -0.4 is 9.47 Å². The maximum Gasteiger partial charge on any atom is 0.325 e. The fraction of sp³-hybridized carbons (Fsp3) is 0.310. The Morgan fingerprint density at radius 1 is 1.03 bits per heavy atom. The van der Waals surface area contributed by atoms with Crippen LogP contribution in [0.1, 0.15) is 34.7 Å². The number of methoxy groups -OCH3 is 3. The van der Waals surface area contributed by atoms with Gasteiger partial charge in [-0.25, -0.2) is 4.39 Å². The quantitative estimate of drug-likeness (QED) is 0.356. The molecule has 0 saturated carbocycles. The number of aryl methyl sites for hydroxylation is 2. The Morgan fingerprint density at radius 2 is 1.76 bits per heavy atom. The first-order valence-electron chi connectivity index (χ1n) is 11.8. The number of carbonyl (C=O) groups excluding carboxylic acids is 2. The van der Waals surface area contributed by atoms with Crippen molar-refractivity contribution in [3.63, 3.8) is 0 Å². The zero-order valence-corrected chi connectivity index (χ0v) is 22.4. The molecule has 1 amide bonds. The monoisotopic (exact) mass is 523 g/mol. The zero-order chi connectivity index (χ0) is 26.7. The molecule has 0 radical (unpaired) electrons. The number of hydrogen-bond acceptors (Lipinski definition) is 6. The second-order valence-electron chi connectivity index (χ2n) is 9.08. The Bertz CT molecular complexity index is 1310. The number of halogens is 1. The predicted molar refractivity (Wildman–Crippen MR) is 140 cm³/mol. The molecule has 1 fully saturated rings. The summed E-state index contributed by atoms with van der Waals surface area (Å²) in [6.07, 6.45) is -0.0716. The van der Waals surface area contributed by atoms with Crippen molar-refractivity contribution >= 4 is 23.6 Å². The summed E-state index contributed by atoms with van der Waals surface area (Å²) in [5, 5.41) is 0. The first-order valence-corrected chi connectivity index (χ1v) is 12.6. The number of carbonyl (C=O) groups is 2. The van der Waals surface area contributed by atoms with E-state index in [-0.39, 0.29) is 24.6 Å². The van der Waals surface area contributed by atoms with Crippen LogP contribution in [0.15, 0.2) is 65.6 Å². The van der Waals surface area contributed by atoms with Gasteiger partial charge in [0.05, 0.1) is 33.8 Å².